The van der Waals surface area contributed by atoms with Crippen LogP contribution >= 0.6 is 0 Å². The van der Waals surface area contributed by atoms with Crippen LogP contribution in [0.5, 0.6) is 0 Å². The molecule has 3 aromatic rings. The molecule has 1 aliphatic rings. The smallest absolute Gasteiger partial charge is 0.272 e. The van der Waals surface area contributed by atoms with E-state index in [2.05, 4.69) is 45.1 Å². The van der Waals surface area contributed by atoms with Crippen LogP contribution in [0.1, 0.15) is 21.6 Å². The summed E-state index contributed by atoms with van der Waals surface area (Å²) in [6.45, 7) is 6.85. The molecule has 4 rings (SSSR count). The minimum atomic E-state index is -0.0445. The topological polar surface area (TPSA) is 74.2 Å². The van der Waals surface area contributed by atoms with E-state index in [9.17, 15) is 4.79 Å². The van der Waals surface area contributed by atoms with Gasteiger partial charge in [-0.3, -0.25) is 4.79 Å². The molecule has 1 aromatic carbocycles. The molecule has 1 fully saturated rings. The molecule has 0 unspecified atom stereocenters. The van der Waals surface area contributed by atoms with Gasteiger partial charge in [0.25, 0.3) is 5.91 Å². The lowest BCUT2D eigenvalue weighted by Gasteiger charge is -2.34. The number of pyridine rings is 1. The number of carbonyl (C=O) groups excluding carboxylic acids is 1. The maximum Gasteiger partial charge on any atom is 0.272 e. The molecule has 0 bridgehead atoms. The first kappa shape index (κ1) is 18.9. The zero-order valence-corrected chi connectivity index (χ0v) is 16.7. The van der Waals surface area contributed by atoms with Crippen LogP contribution in [-0.2, 0) is 0 Å². The van der Waals surface area contributed by atoms with E-state index in [0.717, 1.165) is 11.4 Å². The van der Waals surface area contributed by atoms with Crippen molar-refractivity contribution in [2.75, 3.05) is 36.4 Å². The van der Waals surface area contributed by atoms with E-state index in [1.165, 1.54) is 11.1 Å². The molecule has 0 atom stereocenters. The van der Waals surface area contributed by atoms with Crippen molar-refractivity contribution < 1.29 is 4.79 Å². The zero-order valence-electron chi connectivity index (χ0n) is 16.7. The molecule has 0 aliphatic carbocycles. The van der Waals surface area contributed by atoms with Gasteiger partial charge in [-0.2, -0.15) is 0 Å². The number of nitrogens with one attached hydrogen (secondary N) is 1. The largest absolute Gasteiger partial charge is 0.354 e. The fourth-order valence-electron chi connectivity index (χ4n) is 3.36. The first-order chi connectivity index (χ1) is 14.1. The number of aromatic nitrogens is 3. The zero-order chi connectivity index (χ0) is 20.2. The van der Waals surface area contributed by atoms with E-state index in [4.69, 9.17) is 0 Å². The molecule has 29 heavy (non-hydrogen) atoms. The van der Waals surface area contributed by atoms with Gasteiger partial charge in [-0.1, -0.05) is 12.1 Å². The Balaban J connectivity index is 1.38. The Kier molecular flexibility index (Phi) is 5.37. The van der Waals surface area contributed by atoms with Crippen molar-refractivity contribution in [2.45, 2.75) is 13.8 Å². The highest BCUT2D eigenvalue weighted by Gasteiger charge is 2.24. The van der Waals surface area contributed by atoms with E-state index < -0.39 is 0 Å². The fourth-order valence-corrected chi connectivity index (χ4v) is 3.36. The van der Waals surface area contributed by atoms with Gasteiger partial charge in [0.15, 0.2) is 0 Å². The maximum atomic E-state index is 12.8. The van der Waals surface area contributed by atoms with Crippen molar-refractivity contribution in [3.8, 4) is 0 Å². The highest BCUT2D eigenvalue weighted by molar-refractivity contribution is 5.92. The number of aryl methyl sites for hydroxylation is 1. The number of hydrogen-bond acceptors (Lipinski definition) is 6. The van der Waals surface area contributed by atoms with Gasteiger partial charge in [-0.05, 0) is 49.2 Å². The van der Waals surface area contributed by atoms with Crippen LogP contribution in [0, 0.1) is 13.8 Å². The van der Waals surface area contributed by atoms with Gasteiger partial charge >= 0.3 is 0 Å². The third-order valence-electron chi connectivity index (χ3n) is 5.27. The summed E-state index contributed by atoms with van der Waals surface area (Å²) in [6, 6.07) is 11.6. The molecule has 7 nitrogen and oxygen atoms in total. The molecule has 1 amide bonds. The number of benzene rings is 1. The molecular formula is C22H24N6O. The van der Waals surface area contributed by atoms with Crippen molar-refractivity contribution in [2.24, 2.45) is 0 Å². The van der Waals surface area contributed by atoms with E-state index in [-0.39, 0.29) is 5.91 Å². The normalized spacial score (nSPS) is 14.0. The van der Waals surface area contributed by atoms with Crippen LogP contribution in [0.25, 0.3) is 0 Å². The summed E-state index contributed by atoms with van der Waals surface area (Å²) in [7, 11) is 0. The first-order valence-electron chi connectivity index (χ1n) is 9.72. The van der Waals surface area contributed by atoms with Gasteiger partial charge in [0.05, 0.1) is 11.9 Å². The second-order valence-corrected chi connectivity index (χ2v) is 7.13. The molecule has 1 saturated heterocycles. The molecular weight excluding hydrogens is 364 g/mol. The van der Waals surface area contributed by atoms with E-state index in [1.54, 1.807) is 30.7 Å². The minimum absolute atomic E-state index is 0.0445. The first-order valence-corrected chi connectivity index (χ1v) is 9.72. The van der Waals surface area contributed by atoms with Gasteiger partial charge in [-0.25, -0.2) is 15.0 Å². The minimum Gasteiger partial charge on any atom is -0.354 e. The van der Waals surface area contributed by atoms with E-state index >= 15 is 0 Å². The second-order valence-electron chi connectivity index (χ2n) is 7.13. The Hall–Kier alpha value is -3.48. The van der Waals surface area contributed by atoms with Crippen molar-refractivity contribution >= 4 is 23.2 Å². The van der Waals surface area contributed by atoms with Crippen molar-refractivity contribution in [3.05, 3.63) is 71.8 Å². The van der Waals surface area contributed by atoms with Crippen LogP contribution < -0.4 is 10.2 Å². The summed E-state index contributed by atoms with van der Waals surface area (Å²) < 4.78 is 0. The molecule has 0 radical (unpaired) electrons. The number of carbonyl (C=O) groups is 1. The van der Waals surface area contributed by atoms with Crippen LogP contribution in [0.15, 0.2) is 55.0 Å². The Bertz CT molecular complexity index is 982. The molecule has 2 aromatic heterocycles. The van der Waals surface area contributed by atoms with Gasteiger partial charge in [0.2, 0.25) is 5.95 Å². The number of nitrogens with zero attached hydrogens (tertiary/aromatic N) is 5. The SMILES string of the molecule is Cc1cccc(Nc2ccc(C(=O)N3CCN(c4ncccn4)CC3)nc2)c1C. The van der Waals surface area contributed by atoms with Crippen molar-refractivity contribution in [1.82, 2.24) is 19.9 Å². The quantitative estimate of drug-likeness (QED) is 0.740. The number of piperazine rings is 1. The highest BCUT2D eigenvalue weighted by Crippen LogP contribution is 2.22. The number of anilines is 3. The molecule has 0 spiro atoms. The molecule has 1 N–H and O–H groups in total. The summed E-state index contributed by atoms with van der Waals surface area (Å²) in [5.41, 5.74) is 4.80. The Morgan fingerprint density at radius 1 is 0.931 bits per heavy atom. The predicted octanol–water partition coefficient (Wildman–Crippen LogP) is 3.19. The van der Waals surface area contributed by atoms with Crippen LogP contribution in [0.2, 0.25) is 0 Å². The monoisotopic (exact) mass is 388 g/mol. The Labute approximate surface area is 170 Å². The van der Waals surface area contributed by atoms with Gasteiger partial charge < -0.3 is 15.1 Å². The van der Waals surface area contributed by atoms with Gasteiger partial charge in [0.1, 0.15) is 5.69 Å². The average molecular weight is 388 g/mol. The summed E-state index contributed by atoms with van der Waals surface area (Å²) in [4.78, 5) is 29.7. The van der Waals surface area contributed by atoms with Crippen molar-refractivity contribution in [1.29, 1.82) is 0 Å². The predicted molar refractivity (Wildman–Crippen MR) is 114 cm³/mol. The Morgan fingerprint density at radius 3 is 2.38 bits per heavy atom. The molecule has 0 saturated carbocycles. The average Bonchev–Trinajstić information content (AvgIpc) is 2.78. The third-order valence-corrected chi connectivity index (χ3v) is 5.27. The molecule has 7 heteroatoms. The van der Waals surface area contributed by atoms with Gasteiger partial charge in [-0.15, -0.1) is 0 Å². The highest BCUT2D eigenvalue weighted by atomic mass is 16.2. The van der Waals surface area contributed by atoms with Crippen molar-refractivity contribution in [3.63, 3.8) is 0 Å². The molecule has 148 valence electrons. The molecule has 1 aliphatic heterocycles. The second kappa shape index (κ2) is 8.26. The van der Waals surface area contributed by atoms with Gasteiger partial charge in [0, 0.05) is 44.3 Å². The number of amides is 1. The summed E-state index contributed by atoms with van der Waals surface area (Å²) >= 11 is 0. The lowest BCUT2D eigenvalue weighted by atomic mass is 10.1. The lowest BCUT2D eigenvalue weighted by Crippen LogP contribution is -2.49. The third kappa shape index (κ3) is 4.18. The maximum absolute atomic E-state index is 12.8. The summed E-state index contributed by atoms with van der Waals surface area (Å²) in [5.74, 6) is 0.663. The lowest BCUT2D eigenvalue weighted by molar-refractivity contribution is 0.0740. The number of hydrogen-bond donors (Lipinski definition) is 1. The summed E-state index contributed by atoms with van der Waals surface area (Å²) in [5, 5.41) is 3.37. The van der Waals surface area contributed by atoms with Crippen LogP contribution in [0.3, 0.4) is 0 Å². The molecule has 3 heterocycles. The Morgan fingerprint density at radius 2 is 1.69 bits per heavy atom. The van der Waals surface area contributed by atoms with E-state index in [0.29, 0.717) is 37.8 Å². The standard InChI is InChI=1S/C22H24N6O/c1-16-5-3-6-19(17(16)2)26-18-7-8-20(25-15-18)21(29)27-11-13-28(14-12-27)22-23-9-4-10-24-22/h3-10,15,26H,11-14H2,1-2H3. The fraction of sp³-hybridized carbons (Fsp3) is 0.273. The van der Waals surface area contributed by atoms with E-state index in [1.807, 2.05) is 23.1 Å². The summed E-state index contributed by atoms with van der Waals surface area (Å²) in [6.07, 6.45) is 5.18. The van der Waals surface area contributed by atoms with Crippen LogP contribution in [0.4, 0.5) is 17.3 Å². The number of rotatable bonds is 4. The van der Waals surface area contributed by atoms with Crippen LogP contribution in [-0.4, -0.2) is 51.9 Å².